The van der Waals surface area contributed by atoms with Crippen LogP contribution >= 0.6 is 0 Å². The molecule has 0 unspecified atom stereocenters. The number of carbonyl (C=O) groups is 3. The van der Waals surface area contributed by atoms with Gasteiger partial charge in [-0.3, -0.25) is 4.79 Å². The largest absolute Gasteiger partial charge is 0.465 e. The molecule has 146 valence electrons. The second-order valence-corrected chi connectivity index (χ2v) is 6.14. The SMILES string of the molecule is COC(=O)c1ccc(C(=O)OCC(=O)Nc2ccc(-c3ccccc3)cc2)cc1. The van der Waals surface area contributed by atoms with Gasteiger partial charge in [-0.1, -0.05) is 42.5 Å². The van der Waals surface area contributed by atoms with Crippen LogP contribution in [0.15, 0.2) is 78.9 Å². The number of nitrogens with one attached hydrogen (secondary N) is 1. The molecule has 3 aromatic carbocycles. The molecule has 0 heterocycles. The summed E-state index contributed by atoms with van der Waals surface area (Å²) in [7, 11) is 1.28. The monoisotopic (exact) mass is 389 g/mol. The van der Waals surface area contributed by atoms with Gasteiger partial charge in [0.15, 0.2) is 6.61 Å². The molecule has 6 nitrogen and oxygen atoms in total. The van der Waals surface area contributed by atoms with E-state index in [1.165, 1.54) is 31.4 Å². The van der Waals surface area contributed by atoms with Gasteiger partial charge in [-0.25, -0.2) is 9.59 Å². The van der Waals surface area contributed by atoms with Crippen molar-refractivity contribution in [2.45, 2.75) is 0 Å². The number of anilines is 1. The standard InChI is InChI=1S/C23H19NO5/c1-28-22(26)18-7-9-19(10-8-18)23(27)29-15-21(25)24-20-13-11-17(12-14-20)16-5-3-2-4-6-16/h2-14H,15H2,1H3,(H,24,25). The first kappa shape index (κ1) is 19.8. The molecule has 0 radical (unpaired) electrons. The molecule has 29 heavy (non-hydrogen) atoms. The van der Waals surface area contributed by atoms with E-state index in [2.05, 4.69) is 10.1 Å². The van der Waals surface area contributed by atoms with Crippen LogP contribution in [0.1, 0.15) is 20.7 Å². The van der Waals surface area contributed by atoms with Crippen molar-refractivity contribution in [3.63, 3.8) is 0 Å². The van der Waals surface area contributed by atoms with Gasteiger partial charge in [0.25, 0.3) is 5.91 Å². The summed E-state index contributed by atoms with van der Waals surface area (Å²) >= 11 is 0. The summed E-state index contributed by atoms with van der Waals surface area (Å²) in [5, 5.41) is 2.68. The molecular weight excluding hydrogens is 370 g/mol. The van der Waals surface area contributed by atoms with Gasteiger partial charge in [0.2, 0.25) is 0 Å². The molecule has 3 aromatic rings. The molecule has 6 heteroatoms. The van der Waals surface area contributed by atoms with Crippen LogP contribution in [-0.2, 0) is 14.3 Å². The quantitative estimate of drug-likeness (QED) is 0.646. The number of methoxy groups -OCH3 is 1. The summed E-state index contributed by atoms with van der Waals surface area (Å²) in [5.74, 6) is -1.60. The maximum absolute atomic E-state index is 12.0. The predicted molar refractivity (Wildman–Crippen MR) is 109 cm³/mol. The van der Waals surface area contributed by atoms with E-state index >= 15 is 0 Å². The molecule has 1 amide bonds. The molecule has 0 saturated heterocycles. The second-order valence-electron chi connectivity index (χ2n) is 6.14. The van der Waals surface area contributed by atoms with Crippen LogP contribution in [0, 0.1) is 0 Å². The van der Waals surface area contributed by atoms with E-state index in [9.17, 15) is 14.4 Å². The Morgan fingerprint density at radius 2 is 1.28 bits per heavy atom. The average Bonchev–Trinajstić information content (AvgIpc) is 2.78. The maximum Gasteiger partial charge on any atom is 0.338 e. The first-order valence-corrected chi connectivity index (χ1v) is 8.87. The number of amides is 1. The van der Waals surface area contributed by atoms with Crippen LogP contribution in [0.25, 0.3) is 11.1 Å². The van der Waals surface area contributed by atoms with Crippen LogP contribution in [0.3, 0.4) is 0 Å². The topological polar surface area (TPSA) is 81.7 Å². The Morgan fingerprint density at radius 1 is 0.724 bits per heavy atom. The van der Waals surface area contributed by atoms with Gasteiger partial charge in [-0.15, -0.1) is 0 Å². The first-order chi connectivity index (χ1) is 14.1. The first-order valence-electron chi connectivity index (χ1n) is 8.87. The normalized spacial score (nSPS) is 10.1. The van der Waals surface area contributed by atoms with E-state index in [1.807, 2.05) is 42.5 Å². The second kappa shape index (κ2) is 9.32. The Bertz CT molecular complexity index is 996. The lowest BCUT2D eigenvalue weighted by molar-refractivity contribution is -0.119. The molecule has 0 bridgehead atoms. The third kappa shape index (κ3) is 5.29. The predicted octanol–water partition coefficient (Wildman–Crippen LogP) is 3.94. The lowest BCUT2D eigenvalue weighted by Crippen LogP contribution is -2.20. The van der Waals surface area contributed by atoms with E-state index in [4.69, 9.17) is 4.74 Å². The summed E-state index contributed by atoms with van der Waals surface area (Å²) < 4.78 is 9.61. The van der Waals surface area contributed by atoms with Crippen LogP contribution < -0.4 is 5.32 Å². The Morgan fingerprint density at radius 3 is 1.86 bits per heavy atom. The van der Waals surface area contributed by atoms with Crippen molar-refractivity contribution in [2.75, 3.05) is 19.0 Å². The smallest absolute Gasteiger partial charge is 0.338 e. The van der Waals surface area contributed by atoms with Crippen LogP contribution in [0.2, 0.25) is 0 Å². The Kier molecular flexibility index (Phi) is 6.37. The fourth-order valence-electron chi connectivity index (χ4n) is 2.65. The van der Waals surface area contributed by atoms with Crippen LogP contribution in [0.5, 0.6) is 0 Å². The minimum Gasteiger partial charge on any atom is -0.465 e. The average molecular weight is 389 g/mol. The van der Waals surface area contributed by atoms with Gasteiger partial charge in [-0.05, 0) is 47.5 Å². The van der Waals surface area contributed by atoms with Crippen molar-refractivity contribution in [1.29, 1.82) is 0 Å². The molecule has 0 aliphatic rings. The zero-order chi connectivity index (χ0) is 20.6. The highest BCUT2D eigenvalue weighted by molar-refractivity contribution is 5.96. The number of ether oxygens (including phenoxy) is 2. The molecule has 0 aromatic heterocycles. The number of rotatable bonds is 6. The van der Waals surface area contributed by atoms with Crippen molar-refractivity contribution < 1.29 is 23.9 Å². The van der Waals surface area contributed by atoms with Gasteiger partial charge >= 0.3 is 11.9 Å². The zero-order valence-electron chi connectivity index (χ0n) is 15.8. The van der Waals surface area contributed by atoms with E-state index in [-0.39, 0.29) is 5.56 Å². The molecule has 0 aliphatic carbocycles. The summed E-state index contributed by atoms with van der Waals surface area (Å²) in [4.78, 5) is 35.5. The van der Waals surface area contributed by atoms with Crippen molar-refractivity contribution in [3.8, 4) is 11.1 Å². The number of esters is 2. The minimum absolute atomic E-state index is 0.234. The minimum atomic E-state index is -0.656. The van der Waals surface area contributed by atoms with Crippen molar-refractivity contribution in [2.24, 2.45) is 0 Å². The summed E-state index contributed by atoms with van der Waals surface area (Å²) in [6, 6.07) is 23.0. The van der Waals surface area contributed by atoms with Crippen molar-refractivity contribution >= 4 is 23.5 Å². The van der Waals surface area contributed by atoms with Crippen molar-refractivity contribution in [1.82, 2.24) is 0 Å². The van der Waals surface area contributed by atoms with Crippen LogP contribution in [-0.4, -0.2) is 31.6 Å². The highest BCUT2D eigenvalue weighted by Crippen LogP contribution is 2.21. The Balaban J connectivity index is 1.52. The molecule has 0 fully saturated rings. The molecule has 0 aliphatic heterocycles. The van der Waals surface area contributed by atoms with E-state index in [0.717, 1.165) is 11.1 Å². The highest BCUT2D eigenvalue weighted by atomic mass is 16.5. The third-order valence-corrected chi connectivity index (χ3v) is 4.15. The number of carbonyl (C=O) groups excluding carboxylic acids is 3. The fourth-order valence-corrected chi connectivity index (χ4v) is 2.65. The van der Waals surface area contributed by atoms with Gasteiger partial charge in [0.1, 0.15) is 0 Å². The zero-order valence-corrected chi connectivity index (χ0v) is 15.8. The number of hydrogen-bond acceptors (Lipinski definition) is 5. The number of hydrogen-bond donors (Lipinski definition) is 1. The van der Waals surface area contributed by atoms with Gasteiger partial charge < -0.3 is 14.8 Å². The summed E-state index contributed by atoms with van der Waals surface area (Å²) in [6.07, 6.45) is 0. The summed E-state index contributed by atoms with van der Waals surface area (Å²) in [6.45, 7) is -0.419. The van der Waals surface area contributed by atoms with E-state index in [0.29, 0.717) is 11.3 Å². The van der Waals surface area contributed by atoms with E-state index in [1.54, 1.807) is 12.1 Å². The van der Waals surface area contributed by atoms with E-state index < -0.39 is 24.5 Å². The fraction of sp³-hybridized carbons (Fsp3) is 0.0870. The molecular formula is C23H19NO5. The van der Waals surface area contributed by atoms with Gasteiger partial charge in [0, 0.05) is 5.69 Å². The Hall–Kier alpha value is -3.93. The molecule has 0 atom stereocenters. The van der Waals surface area contributed by atoms with Gasteiger partial charge in [-0.2, -0.15) is 0 Å². The maximum atomic E-state index is 12.0. The third-order valence-electron chi connectivity index (χ3n) is 4.15. The lowest BCUT2D eigenvalue weighted by atomic mass is 10.1. The molecule has 3 rings (SSSR count). The molecule has 0 saturated carbocycles. The molecule has 0 spiro atoms. The summed E-state index contributed by atoms with van der Waals surface area (Å²) in [5.41, 5.74) is 3.27. The van der Waals surface area contributed by atoms with Crippen molar-refractivity contribution in [3.05, 3.63) is 90.0 Å². The van der Waals surface area contributed by atoms with Crippen LogP contribution in [0.4, 0.5) is 5.69 Å². The van der Waals surface area contributed by atoms with Gasteiger partial charge in [0.05, 0.1) is 18.2 Å². The Labute approximate surface area is 168 Å². The molecule has 1 N–H and O–H groups in total. The number of benzene rings is 3. The highest BCUT2D eigenvalue weighted by Gasteiger charge is 2.12. The lowest BCUT2D eigenvalue weighted by Gasteiger charge is -2.08.